The van der Waals surface area contributed by atoms with Crippen LogP contribution in [0.4, 0.5) is 8.78 Å². The van der Waals surface area contributed by atoms with Gasteiger partial charge in [0.1, 0.15) is 0 Å². The van der Waals surface area contributed by atoms with Crippen LogP contribution in [0.5, 0.6) is 0 Å². The van der Waals surface area contributed by atoms with E-state index in [0.717, 1.165) is 6.07 Å². The standard InChI is InChI=1S/C12H11BrF2N2O2/c1-6(18)2-5-9-16-12(17-19-9)7-3-4-8(14)11(15)10(7)13/h3-4,6,18H,2,5H2,1H3. The molecule has 1 N–H and O–H groups in total. The van der Waals surface area contributed by atoms with Crippen molar-refractivity contribution in [3.8, 4) is 11.4 Å². The minimum Gasteiger partial charge on any atom is -0.393 e. The maximum atomic E-state index is 13.4. The summed E-state index contributed by atoms with van der Waals surface area (Å²) in [6, 6.07) is 2.37. The molecule has 1 aromatic carbocycles. The second-order valence-corrected chi connectivity index (χ2v) is 4.92. The molecular formula is C12H11BrF2N2O2. The smallest absolute Gasteiger partial charge is 0.227 e. The topological polar surface area (TPSA) is 59.2 Å². The molecule has 0 spiro atoms. The Labute approximate surface area is 116 Å². The molecule has 19 heavy (non-hydrogen) atoms. The first-order chi connectivity index (χ1) is 8.99. The molecule has 0 aliphatic heterocycles. The minimum absolute atomic E-state index is 0.0459. The predicted molar refractivity (Wildman–Crippen MR) is 67.4 cm³/mol. The van der Waals surface area contributed by atoms with Crippen molar-refractivity contribution in [1.29, 1.82) is 0 Å². The van der Waals surface area contributed by atoms with E-state index >= 15 is 0 Å². The van der Waals surface area contributed by atoms with Crippen LogP contribution < -0.4 is 0 Å². The molecule has 2 rings (SSSR count). The molecule has 0 aliphatic rings. The van der Waals surface area contributed by atoms with Crippen LogP contribution in [0.2, 0.25) is 0 Å². The van der Waals surface area contributed by atoms with Gasteiger partial charge in [-0.25, -0.2) is 8.78 Å². The Hall–Kier alpha value is -1.34. The van der Waals surface area contributed by atoms with E-state index in [4.69, 9.17) is 9.63 Å². The Kier molecular flexibility index (Phi) is 4.26. The maximum Gasteiger partial charge on any atom is 0.227 e. The number of hydrogen-bond acceptors (Lipinski definition) is 4. The fourth-order valence-corrected chi connectivity index (χ4v) is 2.00. The molecule has 0 aliphatic carbocycles. The number of hydrogen-bond donors (Lipinski definition) is 1. The molecule has 0 saturated carbocycles. The van der Waals surface area contributed by atoms with Crippen LogP contribution in [0.25, 0.3) is 11.4 Å². The van der Waals surface area contributed by atoms with Crippen molar-refractivity contribution in [3.63, 3.8) is 0 Å². The number of rotatable bonds is 4. The van der Waals surface area contributed by atoms with Crippen LogP contribution in [0.3, 0.4) is 0 Å². The second kappa shape index (κ2) is 5.75. The fraction of sp³-hybridized carbons (Fsp3) is 0.333. The lowest BCUT2D eigenvalue weighted by atomic mass is 10.2. The number of aliphatic hydroxyl groups is 1. The quantitative estimate of drug-likeness (QED) is 0.874. The zero-order chi connectivity index (χ0) is 14.0. The number of nitrogens with zero attached hydrogens (tertiary/aromatic N) is 2. The van der Waals surface area contributed by atoms with E-state index in [1.165, 1.54) is 6.07 Å². The largest absolute Gasteiger partial charge is 0.393 e. The van der Waals surface area contributed by atoms with Crippen LogP contribution in [0, 0.1) is 11.6 Å². The molecule has 0 amide bonds. The summed E-state index contributed by atoms with van der Waals surface area (Å²) in [5, 5.41) is 12.9. The summed E-state index contributed by atoms with van der Waals surface area (Å²) in [6.07, 6.45) is 0.442. The summed E-state index contributed by atoms with van der Waals surface area (Å²) in [6.45, 7) is 1.66. The van der Waals surface area contributed by atoms with Gasteiger partial charge in [0.05, 0.1) is 10.6 Å². The highest BCUT2D eigenvalue weighted by Crippen LogP contribution is 2.30. The van der Waals surface area contributed by atoms with Crippen LogP contribution in [0.1, 0.15) is 19.2 Å². The predicted octanol–water partition coefficient (Wildman–Crippen LogP) is 3.09. The van der Waals surface area contributed by atoms with Crippen molar-refractivity contribution < 1.29 is 18.4 Å². The van der Waals surface area contributed by atoms with Gasteiger partial charge in [-0.05, 0) is 41.4 Å². The highest BCUT2D eigenvalue weighted by Gasteiger charge is 2.17. The van der Waals surface area contributed by atoms with Crippen molar-refractivity contribution in [1.82, 2.24) is 10.1 Å². The number of aromatic nitrogens is 2. The second-order valence-electron chi connectivity index (χ2n) is 4.12. The number of aryl methyl sites for hydroxylation is 1. The van der Waals surface area contributed by atoms with Gasteiger partial charge in [0.15, 0.2) is 11.6 Å². The first-order valence-electron chi connectivity index (χ1n) is 5.63. The molecule has 7 heteroatoms. The van der Waals surface area contributed by atoms with Crippen molar-refractivity contribution in [2.45, 2.75) is 25.9 Å². The number of halogens is 3. The number of aliphatic hydroxyl groups excluding tert-OH is 1. The van der Waals surface area contributed by atoms with Gasteiger partial charge in [0.2, 0.25) is 11.7 Å². The van der Waals surface area contributed by atoms with Crippen molar-refractivity contribution in [3.05, 3.63) is 34.1 Å². The van der Waals surface area contributed by atoms with E-state index in [1.807, 2.05) is 0 Å². The van der Waals surface area contributed by atoms with Gasteiger partial charge in [-0.15, -0.1) is 0 Å². The summed E-state index contributed by atoms with van der Waals surface area (Å²) in [5.41, 5.74) is 0.311. The first-order valence-corrected chi connectivity index (χ1v) is 6.43. The van der Waals surface area contributed by atoms with Crippen LogP contribution in [-0.2, 0) is 6.42 Å². The van der Waals surface area contributed by atoms with Gasteiger partial charge in [-0.2, -0.15) is 4.98 Å². The molecule has 4 nitrogen and oxygen atoms in total. The molecule has 0 saturated heterocycles. The molecular weight excluding hydrogens is 322 g/mol. The van der Waals surface area contributed by atoms with Gasteiger partial charge in [-0.1, -0.05) is 5.16 Å². The third-order valence-corrected chi connectivity index (χ3v) is 3.30. The Balaban J connectivity index is 2.26. The summed E-state index contributed by atoms with van der Waals surface area (Å²) < 4.78 is 31.3. The molecule has 0 bridgehead atoms. The van der Waals surface area contributed by atoms with Crippen LogP contribution in [-0.4, -0.2) is 21.4 Å². The highest BCUT2D eigenvalue weighted by atomic mass is 79.9. The monoisotopic (exact) mass is 332 g/mol. The van der Waals surface area contributed by atoms with Gasteiger partial charge in [0.25, 0.3) is 0 Å². The lowest BCUT2D eigenvalue weighted by molar-refractivity contribution is 0.180. The van der Waals surface area contributed by atoms with Gasteiger partial charge in [-0.3, -0.25) is 0 Å². The van der Waals surface area contributed by atoms with Crippen LogP contribution in [0.15, 0.2) is 21.1 Å². The average molecular weight is 333 g/mol. The van der Waals surface area contributed by atoms with E-state index in [1.54, 1.807) is 6.92 Å². The SMILES string of the molecule is CC(O)CCc1nc(-c2ccc(F)c(F)c2Br)no1. The minimum atomic E-state index is -0.993. The normalized spacial score (nSPS) is 12.7. The molecule has 0 radical (unpaired) electrons. The molecule has 1 heterocycles. The lowest BCUT2D eigenvalue weighted by Gasteiger charge is -2.01. The zero-order valence-electron chi connectivity index (χ0n) is 10.0. The lowest BCUT2D eigenvalue weighted by Crippen LogP contribution is -2.01. The van der Waals surface area contributed by atoms with Crippen molar-refractivity contribution in [2.24, 2.45) is 0 Å². The molecule has 102 valence electrons. The van der Waals surface area contributed by atoms with Crippen molar-refractivity contribution >= 4 is 15.9 Å². The summed E-state index contributed by atoms with van der Waals surface area (Å²) in [5.74, 6) is -1.43. The van der Waals surface area contributed by atoms with E-state index in [2.05, 4.69) is 26.1 Å². The summed E-state index contributed by atoms with van der Waals surface area (Å²) in [7, 11) is 0. The first kappa shape index (κ1) is 14.1. The molecule has 1 unspecified atom stereocenters. The zero-order valence-corrected chi connectivity index (χ0v) is 11.6. The van der Waals surface area contributed by atoms with E-state index in [-0.39, 0.29) is 10.3 Å². The Morgan fingerprint density at radius 2 is 2.16 bits per heavy atom. The molecule has 2 aromatic rings. The van der Waals surface area contributed by atoms with E-state index < -0.39 is 17.7 Å². The van der Waals surface area contributed by atoms with E-state index in [9.17, 15) is 8.78 Å². The molecule has 1 atom stereocenters. The van der Waals surface area contributed by atoms with Crippen LogP contribution >= 0.6 is 15.9 Å². The van der Waals surface area contributed by atoms with Gasteiger partial charge < -0.3 is 9.63 Å². The van der Waals surface area contributed by atoms with E-state index in [0.29, 0.717) is 24.3 Å². The van der Waals surface area contributed by atoms with Gasteiger partial charge >= 0.3 is 0 Å². The Morgan fingerprint density at radius 3 is 2.84 bits per heavy atom. The third kappa shape index (κ3) is 3.16. The Morgan fingerprint density at radius 1 is 1.42 bits per heavy atom. The van der Waals surface area contributed by atoms with Crippen molar-refractivity contribution in [2.75, 3.05) is 0 Å². The summed E-state index contributed by atoms with van der Waals surface area (Å²) in [4.78, 5) is 4.08. The average Bonchev–Trinajstić information content (AvgIpc) is 2.82. The fourth-order valence-electron chi connectivity index (χ4n) is 1.50. The third-order valence-electron chi connectivity index (χ3n) is 2.52. The van der Waals surface area contributed by atoms with Gasteiger partial charge in [0, 0.05) is 12.0 Å². The molecule has 1 aromatic heterocycles. The highest BCUT2D eigenvalue weighted by molar-refractivity contribution is 9.10. The summed E-state index contributed by atoms with van der Waals surface area (Å²) >= 11 is 2.96. The Bertz CT molecular complexity index is 587. The maximum absolute atomic E-state index is 13.4. The number of benzene rings is 1. The molecule has 0 fully saturated rings.